The van der Waals surface area contributed by atoms with Gasteiger partial charge in [-0.15, -0.1) is 12.0 Å². The van der Waals surface area contributed by atoms with Gasteiger partial charge in [-0.1, -0.05) is 31.8 Å². The average molecular weight is 316 g/mol. The summed E-state index contributed by atoms with van der Waals surface area (Å²) in [5, 5.41) is 0. The van der Waals surface area contributed by atoms with Crippen LogP contribution in [0.3, 0.4) is 0 Å². The lowest BCUT2D eigenvalue weighted by molar-refractivity contribution is 0.370. The van der Waals surface area contributed by atoms with E-state index in [-0.39, 0.29) is 6.31 Å². The average Bonchev–Trinajstić information content (AvgIpc) is 2.43. The molecule has 0 aromatic heterocycles. The molecule has 1 aromatic rings. The second-order valence-corrected chi connectivity index (χ2v) is 11.6. The number of allylic oxidation sites excluding steroid dienone is 2. The molecule has 2 rings (SSSR count). The molecule has 0 bridgehead atoms. The van der Waals surface area contributed by atoms with E-state index in [9.17, 15) is 22.0 Å². The van der Waals surface area contributed by atoms with Crippen molar-refractivity contribution in [1.82, 2.24) is 0 Å². The number of rotatable bonds is 2. The molecule has 21 heavy (non-hydrogen) atoms. The van der Waals surface area contributed by atoms with Gasteiger partial charge in [-0.2, -0.15) is 0 Å². The molecule has 0 aliphatic carbocycles. The largest absolute Gasteiger partial charge is 0.203 e. The van der Waals surface area contributed by atoms with Crippen LogP contribution in [0, 0.1) is 29.1 Å². The molecule has 1 aromatic carbocycles. The third kappa shape index (κ3) is 2.84. The van der Waals surface area contributed by atoms with E-state index in [1.54, 1.807) is 12.0 Å². The second-order valence-electron chi connectivity index (χ2n) is 6.17. The van der Waals surface area contributed by atoms with E-state index in [2.05, 4.69) is 19.6 Å². The maximum Gasteiger partial charge on any atom is 0.200 e. The molecule has 0 unspecified atom stereocenters. The summed E-state index contributed by atoms with van der Waals surface area (Å²) in [7, 11) is -1.51. The van der Waals surface area contributed by atoms with Gasteiger partial charge >= 0.3 is 0 Å². The van der Waals surface area contributed by atoms with E-state index in [1.807, 2.05) is 0 Å². The Morgan fingerprint density at radius 3 is 1.52 bits per heavy atom. The molecule has 7 heteroatoms. The molecule has 0 spiro atoms. The van der Waals surface area contributed by atoms with Gasteiger partial charge in [0.05, 0.1) is 0 Å². The SMILES string of the molecule is C[Si](C)(C)B1C=CC(c2c(F)c(F)c(F)c(F)c2F)C=C1. The van der Waals surface area contributed by atoms with Gasteiger partial charge in [0.15, 0.2) is 29.6 Å². The molecule has 1 heterocycles. The van der Waals surface area contributed by atoms with Gasteiger partial charge in [-0.25, -0.2) is 22.0 Å². The highest BCUT2D eigenvalue weighted by molar-refractivity contribution is 7.35. The fourth-order valence-corrected chi connectivity index (χ4v) is 3.67. The fourth-order valence-electron chi connectivity index (χ4n) is 2.29. The second kappa shape index (κ2) is 5.44. The van der Waals surface area contributed by atoms with Gasteiger partial charge in [0.25, 0.3) is 0 Å². The Bertz CT molecular complexity index is 590. The summed E-state index contributed by atoms with van der Waals surface area (Å²) in [4.78, 5) is 0. The minimum atomic E-state index is -2.13. The molecule has 0 saturated heterocycles. The van der Waals surface area contributed by atoms with Crippen LogP contribution in [0.5, 0.6) is 0 Å². The zero-order valence-corrected chi connectivity index (χ0v) is 12.9. The van der Waals surface area contributed by atoms with E-state index < -0.39 is 48.5 Å². The third-order valence-electron chi connectivity index (χ3n) is 3.63. The summed E-state index contributed by atoms with van der Waals surface area (Å²) in [5.74, 6) is -6.84. The predicted molar refractivity (Wildman–Crippen MR) is 76.4 cm³/mol. The molecule has 0 N–H and O–H groups in total. The highest BCUT2D eigenvalue weighted by Crippen LogP contribution is 2.32. The Balaban J connectivity index is 2.45. The number of hydrogen-bond donors (Lipinski definition) is 0. The van der Waals surface area contributed by atoms with Crippen LogP contribution in [-0.4, -0.2) is 14.2 Å². The van der Waals surface area contributed by atoms with Gasteiger partial charge in [0.2, 0.25) is 5.82 Å². The van der Waals surface area contributed by atoms with Crippen molar-refractivity contribution in [1.29, 1.82) is 0 Å². The van der Waals surface area contributed by atoms with Crippen LogP contribution in [0.2, 0.25) is 19.6 Å². The Morgan fingerprint density at radius 2 is 1.14 bits per heavy atom. The van der Waals surface area contributed by atoms with Crippen molar-refractivity contribution in [2.24, 2.45) is 0 Å². The van der Waals surface area contributed by atoms with Gasteiger partial charge in [0, 0.05) is 19.4 Å². The van der Waals surface area contributed by atoms with Crippen molar-refractivity contribution in [3.8, 4) is 0 Å². The molecule has 0 amide bonds. The molecule has 0 radical (unpaired) electrons. The van der Waals surface area contributed by atoms with Crippen molar-refractivity contribution in [3.05, 3.63) is 58.8 Å². The quantitative estimate of drug-likeness (QED) is 0.324. The molecular formula is C14H14BF5Si. The van der Waals surface area contributed by atoms with Gasteiger partial charge in [-0.05, 0) is 0 Å². The minimum absolute atomic E-state index is 0.176. The molecule has 0 atom stereocenters. The van der Waals surface area contributed by atoms with Crippen LogP contribution in [-0.2, 0) is 0 Å². The highest BCUT2D eigenvalue weighted by Gasteiger charge is 2.32. The Morgan fingerprint density at radius 1 is 0.762 bits per heavy atom. The first-order valence-electron chi connectivity index (χ1n) is 6.52. The Labute approximate surface area is 121 Å². The van der Waals surface area contributed by atoms with Crippen LogP contribution in [0.4, 0.5) is 22.0 Å². The van der Waals surface area contributed by atoms with Crippen molar-refractivity contribution in [2.45, 2.75) is 25.6 Å². The van der Waals surface area contributed by atoms with Crippen LogP contribution in [0.25, 0.3) is 0 Å². The van der Waals surface area contributed by atoms with Gasteiger partial charge in [0.1, 0.15) is 0 Å². The van der Waals surface area contributed by atoms with E-state index in [4.69, 9.17) is 0 Å². The smallest absolute Gasteiger partial charge is 0.200 e. The van der Waals surface area contributed by atoms with Crippen molar-refractivity contribution < 1.29 is 22.0 Å². The lowest BCUT2D eigenvalue weighted by Gasteiger charge is -2.24. The Kier molecular flexibility index (Phi) is 4.15. The fraction of sp³-hybridized carbons (Fsp3) is 0.286. The maximum absolute atomic E-state index is 13.7. The minimum Gasteiger partial charge on any atom is -0.203 e. The van der Waals surface area contributed by atoms with Gasteiger partial charge in [-0.3, -0.25) is 0 Å². The molecule has 1 aliphatic rings. The lowest BCUT2D eigenvalue weighted by Crippen LogP contribution is -2.41. The molecule has 1 aliphatic heterocycles. The van der Waals surface area contributed by atoms with Crippen LogP contribution in [0.1, 0.15) is 11.5 Å². The van der Waals surface area contributed by atoms with Crippen LogP contribution >= 0.6 is 0 Å². The topological polar surface area (TPSA) is 0 Å². The number of hydrogen-bond acceptors (Lipinski definition) is 0. The number of halogens is 5. The first-order valence-corrected chi connectivity index (χ1v) is 10.1. The van der Waals surface area contributed by atoms with Gasteiger partial charge < -0.3 is 0 Å². The summed E-state index contributed by atoms with van der Waals surface area (Å²) in [6.45, 7) is 6.39. The zero-order chi connectivity index (χ0) is 15.9. The molecule has 112 valence electrons. The van der Waals surface area contributed by atoms with Crippen molar-refractivity contribution in [3.63, 3.8) is 0 Å². The summed E-state index contributed by atoms with van der Waals surface area (Å²) >= 11 is 0. The molecule has 0 saturated carbocycles. The van der Waals surface area contributed by atoms with Crippen LogP contribution in [0.15, 0.2) is 24.1 Å². The van der Waals surface area contributed by atoms with E-state index in [0.29, 0.717) is 0 Å². The molecule has 0 fully saturated rings. The third-order valence-corrected chi connectivity index (χ3v) is 6.01. The van der Waals surface area contributed by atoms with E-state index in [0.717, 1.165) is 0 Å². The van der Waals surface area contributed by atoms with E-state index >= 15 is 0 Å². The molecular weight excluding hydrogens is 302 g/mol. The Hall–Kier alpha value is -1.37. The van der Waals surface area contributed by atoms with Crippen molar-refractivity contribution in [2.75, 3.05) is 0 Å². The molecule has 0 nitrogen and oxygen atoms in total. The predicted octanol–water partition coefficient (Wildman–Crippen LogP) is 4.58. The summed E-state index contributed by atoms with van der Waals surface area (Å²) in [5.41, 5.74) is -0.798. The standard InChI is InChI=1S/C14H14BF5Si/c1-21(2,3)15-6-4-8(5-7-15)9-10(16)12(18)14(20)13(19)11(9)17/h4-8H,1-3H3. The first-order chi connectivity index (χ1) is 9.64. The number of benzene rings is 1. The van der Waals surface area contributed by atoms with Crippen molar-refractivity contribution >= 4 is 14.2 Å². The zero-order valence-electron chi connectivity index (χ0n) is 11.9. The maximum atomic E-state index is 13.7. The van der Waals surface area contributed by atoms with Crippen LogP contribution < -0.4 is 0 Å². The lowest BCUT2D eigenvalue weighted by atomic mass is 9.69. The summed E-state index contributed by atoms with van der Waals surface area (Å²) in [6.07, 6.45) is 3.18. The normalized spacial score (nSPS) is 15.9. The summed E-state index contributed by atoms with van der Waals surface area (Å²) in [6, 6.07) is 0. The van der Waals surface area contributed by atoms with E-state index in [1.165, 1.54) is 12.2 Å². The monoisotopic (exact) mass is 316 g/mol. The highest BCUT2D eigenvalue weighted by atomic mass is 28.3. The first kappa shape index (κ1) is 16.0. The summed E-state index contributed by atoms with van der Waals surface area (Å²) < 4.78 is 66.9.